The minimum Gasteiger partial charge on any atom is -0.373 e. The number of aromatic nitrogens is 4. The minimum absolute atomic E-state index is 0.0158. The standard InChI is InChI=1S/C44H57N11O4/c1-50(2)43(58)38-25-31-26-46-44(49-41(31)55(38)34-5-3-4-6-34)47-39-13-11-35(27-45-39)53-21-19-52(20-22-53)33-15-17-51(18-16-33)28-36-29-54(23-24-59-36)32-9-7-30(8-10-32)37-12-14-40(56)48-42(37)57/h7-11,13,25-27,33-34,36-37H,3-6,12,14-24,28-29H2,1-2H3,(H,48,56,57)(H,45,46,47,49)/t36-,37?/m1/s1. The zero-order chi connectivity index (χ0) is 40.5. The van der Waals surface area contributed by atoms with Gasteiger partial charge in [0.25, 0.3) is 5.91 Å². The summed E-state index contributed by atoms with van der Waals surface area (Å²) in [6, 6.07) is 15.2. The third-order valence-electron chi connectivity index (χ3n) is 13.1. The highest BCUT2D eigenvalue weighted by Gasteiger charge is 2.32. The van der Waals surface area contributed by atoms with Crippen molar-refractivity contribution in [2.45, 2.75) is 75.5 Å². The number of likely N-dealkylation sites (tertiary alicyclic amines) is 1. The van der Waals surface area contributed by atoms with Crippen LogP contribution in [0.15, 0.2) is 54.9 Å². The van der Waals surface area contributed by atoms with Crippen LogP contribution in [0, 0.1) is 0 Å². The average Bonchev–Trinajstić information content (AvgIpc) is 3.93. The fourth-order valence-corrected chi connectivity index (χ4v) is 9.85. The van der Waals surface area contributed by atoms with E-state index >= 15 is 0 Å². The molecule has 0 radical (unpaired) electrons. The van der Waals surface area contributed by atoms with Gasteiger partial charge in [-0.05, 0) is 81.1 Å². The van der Waals surface area contributed by atoms with Gasteiger partial charge in [-0.1, -0.05) is 25.0 Å². The molecule has 4 saturated heterocycles. The van der Waals surface area contributed by atoms with E-state index in [1.807, 2.05) is 30.5 Å². The van der Waals surface area contributed by atoms with Gasteiger partial charge in [0, 0.05) is 95.7 Å². The van der Waals surface area contributed by atoms with Crippen molar-refractivity contribution < 1.29 is 19.1 Å². The van der Waals surface area contributed by atoms with E-state index in [4.69, 9.17) is 14.7 Å². The van der Waals surface area contributed by atoms with Crippen molar-refractivity contribution in [1.82, 2.24) is 39.5 Å². The highest BCUT2D eigenvalue weighted by Crippen LogP contribution is 2.35. The molecule has 15 heteroatoms. The van der Waals surface area contributed by atoms with Gasteiger partial charge >= 0.3 is 0 Å². The molecule has 1 aromatic carbocycles. The average molecular weight is 804 g/mol. The number of pyridine rings is 1. The highest BCUT2D eigenvalue weighted by molar-refractivity contribution is 6.01. The molecule has 59 heavy (non-hydrogen) atoms. The van der Waals surface area contributed by atoms with Gasteiger partial charge in [-0.15, -0.1) is 0 Å². The normalized spacial score (nSPS) is 22.9. The van der Waals surface area contributed by atoms with E-state index in [0.717, 1.165) is 113 Å². The van der Waals surface area contributed by atoms with Crippen LogP contribution < -0.4 is 20.4 Å². The van der Waals surface area contributed by atoms with Gasteiger partial charge < -0.3 is 34.2 Å². The van der Waals surface area contributed by atoms with E-state index in [1.54, 1.807) is 25.2 Å². The monoisotopic (exact) mass is 803 g/mol. The summed E-state index contributed by atoms with van der Waals surface area (Å²) in [4.78, 5) is 62.9. The fraction of sp³-hybridized carbons (Fsp3) is 0.545. The lowest BCUT2D eigenvalue weighted by Crippen LogP contribution is -2.54. The van der Waals surface area contributed by atoms with Crippen molar-refractivity contribution in [2.75, 3.05) is 94.7 Å². The maximum Gasteiger partial charge on any atom is 0.270 e. The van der Waals surface area contributed by atoms with Gasteiger partial charge in [0.15, 0.2) is 0 Å². The Hall–Kier alpha value is -5.12. The molecule has 2 N–H and O–H groups in total. The molecule has 0 bridgehead atoms. The molecule has 15 nitrogen and oxygen atoms in total. The highest BCUT2D eigenvalue weighted by atomic mass is 16.5. The van der Waals surface area contributed by atoms with Crippen LogP contribution in [-0.2, 0) is 14.3 Å². The smallest absolute Gasteiger partial charge is 0.270 e. The molecule has 1 saturated carbocycles. The van der Waals surface area contributed by atoms with Crippen LogP contribution in [0.1, 0.15) is 79.4 Å². The largest absolute Gasteiger partial charge is 0.373 e. The maximum atomic E-state index is 13.1. The first-order chi connectivity index (χ1) is 28.8. The Morgan fingerprint density at radius 1 is 0.847 bits per heavy atom. The van der Waals surface area contributed by atoms with Crippen molar-refractivity contribution in [3.8, 4) is 0 Å². The molecule has 7 heterocycles. The number of nitrogens with one attached hydrogen (secondary N) is 2. The van der Waals surface area contributed by atoms with E-state index in [-0.39, 0.29) is 35.8 Å². The number of piperazine rings is 1. The fourth-order valence-electron chi connectivity index (χ4n) is 9.85. The first-order valence-electron chi connectivity index (χ1n) is 21.6. The number of morpholine rings is 1. The lowest BCUT2D eigenvalue weighted by atomic mass is 9.90. The molecule has 3 aromatic heterocycles. The molecule has 0 spiro atoms. The van der Waals surface area contributed by atoms with E-state index < -0.39 is 0 Å². The van der Waals surface area contributed by atoms with Crippen molar-refractivity contribution in [2.24, 2.45) is 0 Å². The van der Waals surface area contributed by atoms with E-state index in [0.29, 0.717) is 43.0 Å². The van der Waals surface area contributed by atoms with Gasteiger partial charge in [0.05, 0.1) is 30.5 Å². The summed E-state index contributed by atoms with van der Waals surface area (Å²) in [7, 11) is 3.58. The molecular formula is C44H57N11O4. The molecule has 9 rings (SSSR count). The summed E-state index contributed by atoms with van der Waals surface area (Å²) in [5.41, 5.74) is 4.70. The van der Waals surface area contributed by atoms with Crippen LogP contribution in [0.2, 0.25) is 0 Å². The second-order valence-electron chi connectivity index (χ2n) is 17.1. The molecule has 5 fully saturated rings. The zero-order valence-electron chi connectivity index (χ0n) is 34.4. The molecule has 1 aliphatic carbocycles. The lowest BCUT2D eigenvalue weighted by Gasteiger charge is -2.44. The van der Waals surface area contributed by atoms with Crippen LogP contribution in [0.4, 0.5) is 23.1 Å². The van der Waals surface area contributed by atoms with Gasteiger partial charge in [-0.25, -0.2) is 9.97 Å². The lowest BCUT2D eigenvalue weighted by molar-refractivity contribution is -0.134. The topological polar surface area (TPSA) is 144 Å². The summed E-state index contributed by atoms with van der Waals surface area (Å²) >= 11 is 0. The van der Waals surface area contributed by atoms with E-state index in [9.17, 15) is 14.4 Å². The van der Waals surface area contributed by atoms with Crippen LogP contribution in [0.25, 0.3) is 11.0 Å². The van der Waals surface area contributed by atoms with Crippen molar-refractivity contribution >= 4 is 51.9 Å². The van der Waals surface area contributed by atoms with Gasteiger partial charge in [-0.2, -0.15) is 4.98 Å². The minimum atomic E-state index is -0.257. The van der Waals surface area contributed by atoms with Crippen molar-refractivity contribution in [3.63, 3.8) is 0 Å². The molecule has 3 amide bonds. The second-order valence-corrected chi connectivity index (χ2v) is 17.1. The Morgan fingerprint density at radius 2 is 1.61 bits per heavy atom. The Kier molecular flexibility index (Phi) is 11.5. The van der Waals surface area contributed by atoms with Crippen molar-refractivity contribution in [3.05, 3.63) is 66.1 Å². The number of imide groups is 1. The summed E-state index contributed by atoms with van der Waals surface area (Å²) < 4.78 is 8.38. The second kappa shape index (κ2) is 17.2. The molecule has 5 aliphatic rings. The first-order valence-corrected chi connectivity index (χ1v) is 21.6. The van der Waals surface area contributed by atoms with Crippen LogP contribution in [-0.4, -0.2) is 144 Å². The third kappa shape index (κ3) is 8.64. The van der Waals surface area contributed by atoms with Gasteiger partial charge in [0.2, 0.25) is 17.8 Å². The summed E-state index contributed by atoms with van der Waals surface area (Å²) in [6.07, 6.45) is 11.6. The summed E-state index contributed by atoms with van der Waals surface area (Å²) in [5.74, 6) is 0.518. The number of carbonyl (C=O) groups is 3. The van der Waals surface area contributed by atoms with Gasteiger partial charge in [0.1, 0.15) is 17.2 Å². The Bertz CT molecular complexity index is 2120. The number of fused-ring (bicyclic) bond motifs is 1. The quantitative estimate of drug-likeness (QED) is 0.220. The number of hydrogen-bond donors (Lipinski definition) is 2. The van der Waals surface area contributed by atoms with Crippen LogP contribution in [0.5, 0.6) is 0 Å². The molecule has 1 unspecified atom stereocenters. The van der Waals surface area contributed by atoms with Crippen LogP contribution in [0.3, 0.4) is 0 Å². The number of hydrogen-bond acceptors (Lipinski definition) is 12. The number of amides is 3. The molecule has 4 aromatic rings. The predicted molar refractivity (Wildman–Crippen MR) is 227 cm³/mol. The van der Waals surface area contributed by atoms with Crippen LogP contribution >= 0.6 is 0 Å². The number of benzene rings is 1. The Balaban J connectivity index is 0.732. The number of piperidine rings is 2. The zero-order valence-corrected chi connectivity index (χ0v) is 34.4. The predicted octanol–water partition coefficient (Wildman–Crippen LogP) is 4.40. The van der Waals surface area contributed by atoms with Crippen molar-refractivity contribution in [1.29, 1.82) is 0 Å². The Labute approximate surface area is 346 Å². The van der Waals surface area contributed by atoms with E-state index in [2.05, 4.69) is 58.0 Å². The molecule has 4 aliphatic heterocycles. The van der Waals surface area contributed by atoms with Gasteiger partial charge in [-0.3, -0.25) is 24.6 Å². The Morgan fingerprint density at radius 3 is 2.32 bits per heavy atom. The maximum absolute atomic E-state index is 13.1. The van der Waals surface area contributed by atoms with E-state index in [1.165, 1.54) is 12.8 Å². The number of anilines is 4. The number of carbonyl (C=O) groups excluding carboxylic acids is 3. The first kappa shape index (κ1) is 39.3. The third-order valence-corrected chi connectivity index (χ3v) is 13.1. The summed E-state index contributed by atoms with van der Waals surface area (Å²) in [5, 5.41) is 6.65. The number of ether oxygens (including phenoxy) is 1. The molecule has 2 atom stereocenters. The summed E-state index contributed by atoms with van der Waals surface area (Å²) in [6.45, 7) is 9.55. The SMILES string of the molecule is CN(C)C(=O)c1cc2cnc(Nc3ccc(N4CCN(C5CCN(C[C@@H]6CN(c7ccc(C8CCC(=O)NC8=O)cc7)CCO6)CC5)CC4)cn3)nc2n1C1CCCC1. The number of rotatable bonds is 10. The number of nitrogens with zero attached hydrogens (tertiary/aromatic N) is 9. The molecular weight excluding hydrogens is 747 g/mol. The molecule has 312 valence electrons.